The summed E-state index contributed by atoms with van der Waals surface area (Å²) in [5.41, 5.74) is 3.53. The van der Waals surface area contributed by atoms with Gasteiger partial charge in [-0.05, 0) is 40.2 Å². The molecule has 0 spiro atoms. The molecule has 3 heterocycles. The van der Waals surface area contributed by atoms with Crippen molar-refractivity contribution in [1.29, 1.82) is 0 Å². The zero-order valence-corrected chi connectivity index (χ0v) is 26.0. The van der Waals surface area contributed by atoms with Gasteiger partial charge in [-0.25, -0.2) is 9.31 Å². The van der Waals surface area contributed by atoms with Crippen molar-refractivity contribution in [1.82, 2.24) is 19.8 Å². The number of carboxylic acid groups (broad SMARTS) is 1. The zero-order valence-electron chi connectivity index (χ0n) is 26.0. The summed E-state index contributed by atoms with van der Waals surface area (Å²) in [4.78, 5) is 29.3. The number of carboxylic acids is 1. The van der Waals surface area contributed by atoms with Gasteiger partial charge >= 0.3 is 5.97 Å². The van der Waals surface area contributed by atoms with Crippen molar-refractivity contribution < 1.29 is 19.4 Å². The van der Waals surface area contributed by atoms with Gasteiger partial charge < -0.3 is 20.1 Å². The Morgan fingerprint density at radius 3 is 2.30 bits per heavy atom. The van der Waals surface area contributed by atoms with Gasteiger partial charge in [-0.1, -0.05) is 90.1 Å². The highest BCUT2D eigenvalue weighted by Crippen LogP contribution is 2.49. The number of nitrogens with zero attached hydrogens (tertiary/aromatic N) is 3. The minimum absolute atomic E-state index is 0.0547. The topological polar surface area (TPSA) is 96.2 Å². The van der Waals surface area contributed by atoms with E-state index in [1.54, 1.807) is 22.7 Å². The second kappa shape index (κ2) is 11.5. The van der Waals surface area contributed by atoms with Crippen molar-refractivity contribution in [2.75, 3.05) is 7.11 Å². The van der Waals surface area contributed by atoms with E-state index in [9.17, 15) is 14.7 Å². The van der Waals surface area contributed by atoms with Crippen LogP contribution in [-0.4, -0.2) is 50.7 Å². The highest BCUT2D eigenvalue weighted by Gasteiger charge is 2.58. The van der Waals surface area contributed by atoms with Gasteiger partial charge in [0.25, 0.3) is 5.91 Å². The lowest BCUT2D eigenvalue weighted by atomic mass is 9.72. The van der Waals surface area contributed by atoms with Crippen LogP contribution in [0.25, 0.3) is 5.52 Å². The Bertz CT molecular complexity index is 1620. The van der Waals surface area contributed by atoms with Gasteiger partial charge in [-0.2, -0.15) is 5.10 Å². The van der Waals surface area contributed by atoms with E-state index in [1.165, 1.54) is 11.8 Å². The lowest BCUT2D eigenvalue weighted by Gasteiger charge is -2.35. The number of amides is 1. The minimum atomic E-state index is -1.07. The van der Waals surface area contributed by atoms with Crippen LogP contribution < -0.4 is 10.1 Å². The first-order valence-electron chi connectivity index (χ1n) is 14.8. The number of hydrogen-bond acceptors (Lipinski definition) is 5. The van der Waals surface area contributed by atoms with Gasteiger partial charge in [0.15, 0.2) is 0 Å². The predicted octanol–water partition coefficient (Wildman–Crippen LogP) is 6.11. The van der Waals surface area contributed by atoms with E-state index in [0.29, 0.717) is 17.6 Å². The van der Waals surface area contributed by atoms with E-state index < -0.39 is 29.4 Å². The molecule has 4 aromatic rings. The molecule has 1 saturated heterocycles. The lowest BCUT2D eigenvalue weighted by molar-refractivity contribution is -0.144. The second-order valence-electron chi connectivity index (χ2n) is 13.5. The molecule has 8 nitrogen and oxygen atoms in total. The Balaban J connectivity index is 1.65. The third-order valence-corrected chi connectivity index (χ3v) is 8.63. The van der Waals surface area contributed by atoms with Crippen LogP contribution in [0.5, 0.6) is 5.75 Å². The molecule has 43 heavy (non-hydrogen) atoms. The second-order valence-corrected chi connectivity index (χ2v) is 13.5. The number of nitrogens with one attached hydrogen (secondary N) is 1. The van der Waals surface area contributed by atoms with Gasteiger partial charge in [0.2, 0.25) is 0 Å². The summed E-state index contributed by atoms with van der Waals surface area (Å²) in [6.45, 7) is 13.1. The molecular weight excluding hydrogens is 540 g/mol. The maximum absolute atomic E-state index is 14.5. The Morgan fingerprint density at radius 2 is 1.67 bits per heavy atom. The molecule has 8 heteroatoms. The van der Waals surface area contributed by atoms with Crippen LogP contribution in [0.15, 0.2) is 79.1 Å². The number of benzene rings is 2. The number of aromatic nitrogens is 2. The molecule has 2 N–H and O–H groups in total. The van der Waals surface area contributed by atoms with Gasteiger partial charge in [0.1, 0.15) is 11.8 Å². The lowest BCUT2D eigenvalue weighted by Crippen LogP contribution is -2.48. The highest BCUT2D eigenvalue weighted by molar-refractivity contribution is 6.03. The van der Waals surface area contributed by atoms with Crippen molar-refractivity contribution >= 4 is 17.4 Å². The monoisotopic (exact) mass is 582 g/mol. The van der Waals surface area contributed by atoms with Crippen LogP contribution >= 0.6 is 0 Å². The number of likely N-dealkylation sites (tertiary alicyclic amines) is 1. The molecule has 5 rings (SSSR count). The van der Waals surface area contributed by atoms with Gasteiger partial charge in [0.05, 0.1) is 30.4 Å². The SMILES string of the molecule is COc1ccc(C(C)(C)C)cc1CN[C@H]1[C@H](C(C)(C)C)[C@@H](C(=O)O)N(C(=O)c2cnn3ccccc23)[C@H]1c1ccccc1. The first kappa shape index (κ1) is 30.3. The fraction of sp³-hybridized carbons (Fsp3) is 0.400. The summed E-state index contributed by atoms with van der Waals surface area (Å²) in [6, 6.07) is 19.5. The van der Waals surface area contributed by atoms with E-state index in [0.717, 1.165) is 16.9 Å². The number of methoxy groups -OCH3 is 1. The zero-order chi connectivity index (χ0) is 31.1. The fourth-order valence-corrected chi connectivity index (χ4v) is 6.56. The highest BCUT2D eigenvalue weighted by atomic mass is 16.5. The molecule has 1 fully saturated rings. The van der Waals surface area contributed by atoms with Crippen molar-refractivity contribution in [2.45, 2.75) is 71.6 Å². The summed E-state index contributed by atoms with van der Waals surface area (Å²) in [5, 5.41) is 18.9. The molecule has 226 valence electrons. The van der Waals surface area contributed by atoms with E-state index in [-0.39, 0.29) is 17.4 Å². The molecule has 0 radical (unpaired) electrons. The van der Waals surface area contributed by atoms with Crippen LogP contribution in [0.4, 0.5) is 0 Å². The largest absolute Gasteiger partial charge is 0.496 e. The number of hydrogen-bond donors (Lipinski definition) is 2. The number of carbonyl (C=O) groups excluding carboxylic acids is 1. The summed E-state index contributed by atoms with van der Waals surface area (Å²) >= 11 is 0. The summed E-state index contributed by atoms with van der Waals surface area (Å²) in [6.07, 6.45) is 3.31. The smallest absolute Gasteiger partial charge is 0.326 e. The minimum Gasteiger partial charge on any atom is -0.496 e. The van der Waals surface area contributed by atoms with Crippen LogP contribution in [0, 0.1) is 11.3 Å². The van der Waals surface area contributed by atoms with E-state index >= 15 is 0 Å². The maximum Gasteiger partial charge on any atom is 0.326 e. The van der Waals surface area contributed by atoms with E-state index in [1.807, 2.05) is 54.6 Å². The van der Waals surface area contributed by atoms with Gasteiger partial charge in [0, 0.05) is 30.3 Å². The quantitative estimate of drug-likeness (QED) is 0.273. The average molecular weight is 583 g/mol. The molecule has 0 aliphatic carbocycles. The molecule has 0 unspecified atom stereocenters. The molecule has 0 saturated carbocycles. The third-order valence-electron chi connectivity index (χ3n) is 8.63. The van der Waals surface area contributed by atoms with Crippen LogP contribution in [0.2, 0.25) is 0 Å². The van der Waals surface area contributed by atoms with Gasteiger partial charge in [-0.3, -0.25) is 4.79 Å². The molecule has 1 amide bonds. The molecule has 2 aromatic carbocycles. The van der Waals surface area contributed by atoms with Crippen molar-refractivity contribution in [2.24, 2.45) is 11.3 Å². The third kappa shape index (κ3) is 5.76. The van der Waals surface area contributed by atoms with Crippen LogP contribution in [-0.2, 0) is 16.8 Å². The average Bonchev–Trinajstić information content (AvgIpc) is 3.55. The number of pyridine rings is 1. The number of carbonyl (C=O) groups is 2. The molecule has 2 aromatic heterocycles. The normalized spacial score (nSPS) is 20.9. The maximum atomic E-state index is 14.5. The predicted molar refractivity (Wildman–Crippen MR) is 167 cm³/mol. The molecular formula is C35H42N4O4. The van der Waals surface area contributed by atoms with Crippen molar-refractivity contribution in [3.05, 3.63) is 101 Å². The summed E-state index contributed by atoms with van der Waals surface area (Å²) in [7, 11) is 1.66. The summed E-state index contributed by atoms with van der Waals surface area (Å²) in [5.74, 6) is -1.04. The van der Waals surface area contributed by atoms with E-state index in [4.69, 9.17) is 4.74 Å². The van der Waals surface area contributed by atoms with Crippen LogP contribution in [0.3, 0.4) is 0 Å². The van der Waals surface area contributed by atoms with E-state index in [2.05, 4.69) is 64.1 Å². The molecule has 4 atom stereocenters. The first-order chi connectivity index (χ1) is 20.3. The van der Waals surface area contributed by atoms with Crippen molar-refractivity contribution in [3.63, 3.8) is 0 Å². The molecule has 1 aliphatic rings. The van der Waals surface area contributed by atoms with Crippen molar-refractivity contribution in [3.8, 4) is 5.75 Å². The number of ether oxygens (including phenoxy) is 1. The Hall–Kier alpha value is -4.17. The molecule has 1 aliphatic heterocycles. The number of fused-ring (bicyclic) bond motifs is 1. The standard InChI is InChI=1S/C35H42N4O4/c1-34(2,3)24-16-17-27(43-7)23(19-24)20-36-29-28(35(4,5)6)31(33(41)42)39(30(29)22-13-9-8-10-14-22)32(40)25-21-37-38-18-12-11-15-26(25)38/h8-19,21,28-31,36H,20H2,1-7H3,(H,41,42)/t28-,29-,30-,31-/m0/s1. The Kier molecular flexibility index (Phi) is 8.09. The van der Waals surface area contributed by atoms with Crippen LogP contribution in [0.1, 0.15) is 74.6 Å². The fourth-order valence-electron chi connectivity index (χ4n) is 6.56. The number of rotatable bonds is 7. The Labute approximate surface area is 253 Å². The number of aliphatic carboxylic acids is 1. The van der Waals surface area contributed by atoms with Gasteiger partial charge in [-0.15, -0.1) is 0 Å². The molecule has 0 bridgehead atoms. The summed E-state index contributed by atoms with van der Waals surface area (Å²) < 4.78 is 7.38. The Morgan fingerprint density at radius 1 is 0.977 bits per heavy atom. The first-order valence-corrected chi connectivity index (χ1v) is 14.8.